The summed E-state index contributed by atoms with van der Waals surface area (Å²) in [6.07, 6.45) is 5.83. The summed E-state index contributed by atoms with van der Waals surface area (Å²) in [6.45, 7) is 10.4. The molecule has 1 atom stereocenters. The summed E-state index contributed by atoms with van der Waals surface area (Å²) < 4.78 is 27.6. The molecule has 0 bridgehead atoms. The SMILES string of the molecule is C=CCC1=C(CCCC)CN(S(=O)(=O)c2ccc(C)cc2)C1C. The first-order chi connectivity index (χ1) is 10.9. The third kappa shape index (κ3) is 3.75. The van der Waals surface area contributed by atoms with Gasteiger partial charge in [-0.2, -0.15) is 4.31 Å². The van der Waals surface area contributed by atoms with Gasteiger partial charge in [0.2, 0.25) is 10.0 Å². The highest BCUT2D eigenvalue weighted by Crippen LogP contribution is 2.34. The highest BCUT2D eigenvalue weighted by atomic mass is 32.2. The Labute approximate surface area is 140 Å². The number of unbranched alkanes of at least 4 members (excludes halogenated alkanes) is 1. The van der Waals surface area contributed by atoms with Crippen LogP contribution in [0.1, 0.15) is 45.1 Å². The predicted molar refractivity (Wildman–Crippen MR) is 95.9 cm³/mol. The van der Waals surface area contributed by atoms with Crippen molar-refractivity contribution in [2.75, 3.05) is 6.54 Å². The van der Waals surface area contributed by atoms with Gasteiger partial charge < -0.3 is 0 Å². The van der Waals surface area contributed by atoms with Crippen molar-refractivity contribution in [3.8, 4) is 0 Å². The van der Waals surface area contributed by atoms with Crippen LogP contribution >= 0.6 is 0 Å². The Hall–Kier alpha value is -1.39. The zero-order chi connectivity index (χ0) is 17.0. The Bertz CT molecular complexity index is 687. The van der Waals surface area contributed by atoms with Gasteiger partial charge in [0.15, 0.2) is 0 Å². The van der Waals surface area contributed by atoms with Crippen LogP contribution in [-0.4, -0.2) is 25.3 Å². The number of rotatable bonds is 7. The van der Waals surface area contributed by atoms with Gasteiger partial charge in [0.1, 0.15) is 0 Å². The highest BCUT2D eigenvalue weighted by molar-refractivity contribution is 7.89. The standard InChI is InChI=1S/C19H27NO2S/c1-5-7-9-17-14-20(16(4)19(17)8-6-2)23(21,22)18-12-10-15(3)11-13-18/h6,10-13,16H,2,5,7-9,14H2,1,3-4H3. The zero-order valence-corrected chi connectivity index (χ0v) is 15.2. The fraction of sp³-hybridized carbons (Fsp3) is 0.474. The monoisotopic (exact) mass is 333 g/mol. The molecule has 3 nitrogen and oxygen atoms in total. The third-order valence-electron chi connectivity index (χ3n) is 4.56. The molecule has 0 N–H and O–H groups in total. The van der Waals surface area contributed by atoms with Crippen molar-refractivity contribution < 1.29 is 8.42 Å². The van der Waals surface area contributed by atoms with Crippen molar-refractivity contribution in [3.05, 3.63) is 53.6 Å². The summed E-state index contributed by atoms with van der Waals surface area (Å²) in [4.78, 5) is 0.379. The number of hydrogen-bond donors (Lipinski definition) is 0. The molecule has 0 aliphatic carbocycles. The lowest BCUT2D eigenvalue weighted by atomic mass is 9.99. The van der Waals surface area contributed by atoms with E-state index in [2.05, 4.69) is 13.5 Å². The smallest absolute Gasteiger partial charge is 0.207 e. The van der Waals surface area contributed by atoms with Crippen LogP contribution in [0.3, 0.4) is 0 Å². The molecular weight excluding hydrogens is 306 g/mol. The van der Waals surface area contributed by atoms with Crippen molar-refractivity contribution in [3.63, 3.8) is 0 Å². The van der Waals surface area contributed by atoms with E-state index < -0.39 is 10.0 Å². The van der Waals surface area contributed by atoms with Gasteiger partial charge in [0.05, 0.1) is 4.90 Å². The number of allylic oxidation sites excluding steroid dienone is 1. The number of nitrogens with zero attached hydrogens (tertiary/aromatic N) is 1. The van der Waals surface area contributed by atoms with E-state index >= 15 is 0 Å². The predicted octanol–water partition coefficient (Wildman–Crippen LogP) is 4.45. The molecule has 0 saturated carbocycles. The number of aryl methyl sites for hydroxylation is 1. The maximum Gasteiger partial charge on any atom is 0.243 e. The first kappa shape index (κ1) is 18.0. The molecule has 126 valence electrons. The Kier molecular flexibility index (Phi) is 5.82. The van der Waals surface area contributed by atoms with E-state index in [1.165, 1.54) is 11.1 Å². The Morgan fingerprint density at radius 2 is 1.96 bits per heavy atom. The second-order valence-corrected chi connectivity index (χ2v) is 8.15. The molecule has 0 spiro atoms. The van der Waals surface area contributed by atoms with E-state index in [1.807, 2.05) is 32.1 Å². The molecule has 1 aliphatic rings. The fourth-order valence-electron chi connectivity index (χ4n) is 3.13. The molecule has 1 aromatic rings. The van der Waals surface area contributed by atoms with Crippen LogP contribution in [0.4, 0.5) is 0 Å². The second-order valence-electron chi connectivity index (χ2n) is 6.26. The van der Waals surface area contributed by atoms with Gasteiger partial charge in [0.25, 0.3) is 0 Å². The van der Waals surface area contributed by atoms with Crippen molar-refractivity contribution in [1.29, 1.82) is 0 Å². The van der Waals surface area contributed by atoms with Gasteiger partial charge >= 0.3 is 0 Å². The van der Waals surface area contributed by atoms with Gasteiger partial charge in [-0.15, -0.1) is 6.58 Å². The third-order valence-corrected chi connectivity index (χ3v) is 6.49. The first-order valence-corrected chi connectivity index (χ1v) is 9.76. The topological polar surface area (TPSA) is 37.4 Å². The lowest BCUT2D eigenvalue weighted by Gasteiger charge is -2.23. The summed E-state index contributed by atoms with van der Waals surface area (Å²) in [5, 5.41) is 0. The first-order valence-electron chi connectivity index (χ1n) is 8.32. The van der Waals surface area contributed by atoms with Crippen molar-refractivity contribution in [2.24, 2.45) is 0 Å². The average molecular weight is 333 g/mol. The molecule has 0 saturated heterocycles. The van der Waals surface area contributed by atoms with Gasteiger partial charge in [-0.3, -0.25) is 0 Å². The largest absolute Gasteiger partial charge is 0.243 e. The zero-order valence-electron chi connectivity index (χ0n) is 14.4. The Balaban J connectivity index is 2.31. The molecule has 1 aromatic carbocycles. The lowest BCUT2D eigenvalue weighted by Crippen LogP contribution is -2.35. The van der Waals surface area contributed by atoms with E-state index in [0.717, 1.165) is 31.2 Å². The van der Waals surface area contributed by atoms with E-state index in [-0.39, 0.29) is 6.04 Å². The van der Waals surface area contributed by atoms with Crippen LogP contribution in [0.15, 0.2) is 53.0 Å². The van der Waals surface area contributed by atoms with Crippen LogP contribution in [0.2, 0.25) is 0 Å². The number of benzene rings is 1. The van der Waals surface area contributed by atoms with Crippen LogP contribution < -0.4 is 0 Å². The minimum Gasteiger partial charge on any atom is -0.207 e. The van der Waals surface area contributed by atoms with E-state index in [4.69, 9.17) is 0 Å². The average Bonchev–Trinajstić information content (AvgIpc) is 2.83. The summed E-state index contributed by atoms with van der Waals surface area (Å²) in [5.74, 6) is 0. The molecule has 1 aliphatic heterocycles. The second kappa shape index (κ2) is 7.45. The normalized spacial score (nSPS) is 19.3. The highest BCUT2D eigenvalue weighted by Gasteiger charge is 2.37. The molecule has 2 rings (SSSR count). The molecule has 4 heteroatoms. The lowest BCUT2D eigenvalue weighted by molar-refractivity contribution is 0.414. The molecule has 0 aromatic heterocycles. The van der Waals surface area contributed by atoms with Crippen LogP contribution in [-0.2, 0) is 10.0 Å². The van der Waals surface area contributed by atoms with Crippen molar-refractivity contribution in [2.45, 2.75) is 57.4 Å². The molecule has 1 unspecified atom stereocenters. The van der Waals surface area contributed by atoms with E-state index in [0.29, 0.717) is 11.4 Å². The molecular formula is C19H27NO2S. The molecule has 1 heterocycles. The quantitative estimate of drug-likeness (QED) is 0.691. The maximum absolute atomic E-state index is 13.0. The minimum absolute atomic E-state index is 0.0915. The molecule has 23 heavy (non-hydrogen) atoms. The summed E-state index contributed by atoms with van der Waals surface area (Å²) in [7, 11) is -3.46. The van der Waals surface area contributed by atoms with E-state index in [1.54, 1.807) is 16.4 Å². The fourth-order valence-corrected chi connectivity index (χ4v) is 4.75. The number of sulfonamides is 1. The minimum atomic E-state index is -3.46. The van der Waals surface area contributed by atoms with Gasteiger partial charge in [0, 0.05) is 12.6 Å². The van der Waals surface area contributed by atoms with Crippen LogP contribution in [0.25, 0.3) is 0 Å². The molecule has 0 amide bonds. The van der Waals surface area contributed by atoms with Gasteiger partial charge in [-0.25, -0.2) is 8.42 Å². The summed E-state index contributed by atoms with van der Waals surface area (Å²) in [6, 6.07) is 7.02. The summed E-state index contributed by atoms with van der Waals surface area (Å²) >= 11 is 0. The Morgan fingerprint density at radius 3 is 2.52 bits per heavy atom. The molecule has 0 fully saturated rings. The van der Waals surface area contributed by atoms with E-state index in [9.17, 15) is 8.42 Å². The summed E-state index contributed by atoms with van der Waals surface area (Å²) in [5.41, 5.74) is 3.56. The van der Waals surface area contributed by atoms with Gasteiger partial charge in [-0.1, -0.05) is 42.7 Å². The number of hydrogen-bond acceptors (Lipinski definition) is 2. The van der Waals surface area contributed by atoms with Crippen LogP contribution in [0, 0.1) is 6.92 Å². The van der Waals surface area contributed by atoms with Crippen molar-refractivity contribution in [1.82, 2.24) is 4.31 Å². The van der Waals surface area contributed by atoms with Crippen LogP contribution in [0.5, 0.6) is 0 Å². The Morgan fingerprint density at radius 1 is 1.30 bits per heavy atom. The van der Waals surface area contributed by atoms with Gasteiger partial charge in [-0.05, 0) is 50.8 Å². The maximum atomic E-state index is 13.0. The van der Waals surface area contributed by atoms with Crippen molar-refractivity contribution >= 4 is 10.0 Å². The molecule has 0 radical (unpaired) electrons.